The third-order valence-electron chi connectivity index (χ3n) is 8.08. The maximum absolute atomic E-state index is 11.3. The summed E-state index contributed by atoms with van der Waals surface area (Å²) < 4.78 is 0. The second kappa shape index (κ2) is 1.98. The quantitative estimate of drug-likeness (QED) is 0.791. The van der Waals surface area contributed by atoms with E-state index in [9.17, 15) is 4.79 Å². The molecule has 1 N–H and O–H groups in total. The van der Waals surface area contributed by atoms with Crippen LogP contribution in [0.5, 0.6) is 0 Å². The van der Waals surface area contributed by atoms with Crippen molar-refractivity contribution in [2.45, 2.75) is 39.7 Å². The molecule has 0 radical (unpaired) electrons. The fourth-order valence-corrected chi connectivity index (χ4v) is 7.74. The van der Waals surface area contributed by atoms with Crippen molar-refractivity contribution in [3.63, 3.8) is 0 Å². The van der Waals surface area contributed by atoms with Gasteiger partial charge in [-0.2, -0.15) is 0 Å². The van der Waals surface area contributed by atoms with Crippen molar-refractivity contribution in [2.75, 3.05) is 0 Å². The molecule has 92 valence electrons. The summed E-state index contributed by atoms with van der Waals surface area (Å²) in [4.78, 5) is 11.3. The second-order valence-corrected chi connectivity index (χ2v) is 7.94. The minimum Gasteiger partial charge on any atom is -0.350 e. The van der Waals surface area contributed by atoms with E-state index in [0.717, 1.165) is 40.9 Å². The van der Waals surface area contributed by atoms with Gasteiger partial charge in [0.15, 0.2) is 0 Å². The number of amides is 1. The Morgan fingerprint density at radius 2 is 1.59 bits per heavy atom. The average molecular weight is 231 g/mol. The highest BCUT2D eigenvalue weighted by Crippen LogP contribution is 3.09. The summed E-state index contributed by atoms with van der Waals surface area (Å²) in [5.74, 6) is 5.83. The Morgan fingerprint density at radius 1 is 1.12 bits per heavy atom. The van der Waals surface area contributed by atoms with Crippen molar-refractivity contribution < 1.29 is 4.79 Å². The van der Waals surface area contributed by atoms with E-state index < -0.39 is 0 Å². The lowest BCUT2D eigenvalue weighted by Crippen LogP contribution is -3.16. The summed E-state index contributed by atoms with van der Waals surface area (Å²) >= 11 is 0. The van der Waals surface area contributed by atoms with E-state index in [-0.39, 0.29) is 5.91 Å². The molecule has 0 heterocycles. The van der Waals surface area contributed by atoms with Crippen LogP contribution in [0.25, 0.3) is 0 Å². The summed E-state index contributed by atoms with van der Waals surface area (Å²) in [7, 11) is 0. The first-order chi connectivity index (χ1) is 7.96. The van der Waals surface area contributed by atoms with Crippen LogP contribution in [0.3, 0.4) is 0 Å². The molecular weight excluding hydrogens is 210 g/mol. The van der Waals surface area contributed by atoms with Crippen LogP contribution in [0.2, 0.25) is 0 Å². The second-order valence-electron chi connectivity index (χ2n) is 7.94. The highest BCUT2D eigenvalue weighted by molar-refractivity contribution is 5.77. The number of rotatable bonds is 3. The molecule has 6 saturated carbocycles. The Bertz CT molecular complexity index is 424. The number of hydrogen-bond donors (Lipinski definition) is 1. The molecular formula is C15H21NO. The first-order valence-electron chi connectivity index (χ1n) is 7.25. The third-order valence-corrected chi connectivity index (χ3v) is 8.08. The van der Waals surface area contributed by atoms with Crippen molar-refractivity contribution in [1.29, 1.82) is 0 Å². The van der Waals surface area contributed by atoms with Gasteiger partial charge in [-0.3, -0.25) is 4.79 Å². The molecule has 0 bridgehead atoms. The standard InChI is InChI=1S/C15H21NO/c1-5-13(3,4)14-7-10-8(14)12-9(14)11(7)15(10,12)16-6(2)17/h7-12H,5H2,1-4H3,(H,16,17). The van der Waals surface area contributed by atoms with E-state index in [4.69, 9.17) is 0 Å². The number of carbonyl (C=O) groups is 1. The molecule has 0 aromatic carbocycles. The van der Waals surface area contributed by atoms with E-state index in [1.807, 2.05) is 0 Å². The van der Waals surface area contributed by atoms with Gasteiger partial charge in [-0.1, -0.05) is 27.2 Å². The average Bonchev–Trinajstić information content (AvgIpc) is 2.28. The molecule has 1 amide bonds. The van der Waals surface area contributed by atoms with Crippen molar-refractivity contribution in [3.05, 3.63) is 0 Å². The van der Waals surface area contributed by atoms with Crippen molar-refractivity contribution in [2.24, 2.45) is 46.3 Å². The Balaban J connectivity index is 1.50. The van der Waals surface area contributed by atoms with Crippen molar-refractivity contribution in [3.8, 4) is 0 Å². The van der Waals surface area contributed by atoms with Crippen LogP contribution >= 0.6 is 0 Å². The number of hydrogen-bond acceptors (Lipinski definition) is 1. The lowest BCUT2D eigenvalue weighted by atomic mass is 8.92. The van der Waals surface area contributed by atoms with Gasteiger partial charge in [0.25, 0.3) is 0 Å². The lowest BCUT2D eigenvalue weighted by molar-refractivity contribution is -0.644. The molecule has 6 fully saturated rings. The maximum atomic E-state index is 11.3. The van der Waals surface area contributed by atoms with Crippen molar-refractivity contribution in [1.82, 2.24) is 5.32 Å². The Hall–Kier alpha value is -0.530. The van der Waals surface area contributed by atoms with Crippen LogP contribution in [-0.2, 0) is 4.79 Å². The minimum absolute atomic E-state index is 0.199. The Labute approximate surface area is 103 Å². The summed E-state index contributed by atoms with van der Waals surface area (Å²) in [5.41, 5.74) is 1.60. The van der Waals surface area contributed by atoms with Gasteiger partial charge < -0.3 is 5.32 Å². The van der Waals surface area contributed by atoms with E-state index >= 15 is 0 Å². The third kappa shape index (κ3) is 0.480. The number of nitrogens with one attached hydrogen (secondary N) is 1. The highest BCUT2D eigenvalue weighted by Gasteiger charge is 3.11. The summed E-state index contributed by atoms with van der Waals surface area (Å²) in [5, 5.41) is 3.32. The van der Waals surface area contributed by atoms with Crippen LogP contribution < -0.4 is 5.32 Å². The predicted octanol–water partition coefficient (Wildman–Crippen LogP) is 2.05. The number of carbonyl (C=O) groups excluding carboxylic acids is 1. The van der Waals surface area contributed by atoms with E-state index in [1.165, 1.54) is 6.42 Å². The van der Waals surface area contributed by atoms with Gasteiger partial charge in [0.2, 0.25) is 5.91 Å². The summed E-state index contributed by atoms with van der Waals surface area (Å²) in [6.45, 7) is 9.01. The van der Waals surface area contributed by atoms with Crippen LogP contribution in [0.15, 0.2) is 0 Å². The van der Waals surface area contributed by atoms with E-state index in [2.05, 4.69) is 26.1 Å². The van der Waals surface area contributed by atoms with Crippen LogP contribution in [0, 0.1) is 46.3 Å². The summed E-state index contributed by atoms with van der Waals surface area (Å²) in [6.07, 6.45) is 1.32. The molecule has 0 aliphatic heterocycles. The van der Waals surface area contributed by atoms with Gasteiger partial charge in [-0.05, 0) is 46.3 Å². The molecule has 6 rings (SSSR count). The molecule has 0 saturated heterocycles. The molecule has 0 unspecified atom stereocenters. The normalized spacial score (nSPS) is 66.6. The first-order valence-corrected chi connectivity index (χ1v) is 7.25. The molecule has 6 aliphatic rings. The van der Waals surface area contributed by atoms with Crippen LogP contribution in [0.1, 0.15) is 34.1 Å². The van der Waals surface area contributed by atoms with Crippen LogP contribution in [-0.4, -0.2) is 11.4 Å². The lowest BCUT2D eigenvalue weighted by Gasteiger charge is -3.13. The molecule has 2 heteroatoms. The molecule has 0 aromatic rings. The fraction of sp³-hybridized carbons (Fsp3) is 0.933. The minimum atomic E-state index is 0.199. The zero-order chi connectivity index (χ0) is 12.0. The molecule has 6 aliphatic carbocycles. The van der Waals surface area contributed by atoms with Gasteiger partial charge >= 0.3 is 0 Å². The zero-order valence-corrected chi connectivity index (χ0v) is 11.1. The van der Waals surface area contributed by atoms with Gasteiger partial charge in [-0.25, -0.2) is 0 Å². The monoisotopic (exact) mass is 231 g/mol. The van der Waals surface area contributed by atoms with Gasteiger partial charge in [0, 0.05) is 6.92 Å². The molecule has 17 heavy (non-hydrogen) atoms. The highest BCUT2D eigenvalue weighted by atomic mass is 16.1. The largest absolute Gasteiger partial charge is 0.350 e. The Morgan fingerprint density at radius 3 is 1.94 bits per heavy atom. The molecule has 0 spiro atoms. The van der Waals surface area contributed by atoms with Gasteiger partial charge in [-0.15, -0.1) is 0 Å². The van der Waals surface area contributed by atoms with Gasteiger partial charge in [0.1, 0.15) is 0 Å². The SMILES string of the molecule is CCC(C)(C)C12C3C4C1C1C2C3C41NC(C)=O. The topological polar surface area (TPSA) is 29.1 Å². The van der Waals surface area contributed by atoms with Crippen LogP contribution in [0.4, 0.5) is 0 Å². The first kappa shape index (κ1) is 9.41. The van der Waals surface area contributed by atoms with E-state index in [1.54, 1.807) is 6.92 Å². The summed E-state index contributed by atoms with van der Waals surface area (Å²) in [6, 6.07) is 0. The molecule has 2 nitrogen and oxygen atoms in total. The maximum Gasteiger partial charge on any atom is 0.217 e. The van der Waals surface area contributed by atoms with E-state index in [0.29, 0.717) is 11.0 Å². The zero-order valence-electron chi connectivity index (χ0n) is 11.1. The fourth-order valence-electron chi connectivity index (χ4n) is 7.74. The van der Waals surface area contributed by atoms with Gasteiger partial charge in [0.05, 0.1) is 5.54 Å². The molecule has 0 atom stereocenters. The Kier molecular flexibility index (Phi) is 1.09. The predicted molar refractivity (Wildman–Crippen MR) is 64.0 cm³/mol. The smallest absolute Gasteiger partial charge is 0.217 e. The van der Waals surface area contributed by atoms with Crippen molar-refractivity contribution >= 4 is 5.91 Å². The molecule has 0 aromatic heterocycles.